The van der Waals surface area contributed by atoms with Gasteiger partial charge in [0.2, 0.25) is 0 Å². The molecule has 0 bridgehead atoms. The maximum atomic E-state index is 13.2. The van der Waals surface area contributed by atoms with Crippen LogP contribution in [0.2, 0.25) is 0 Å². The molecule has 1 heterocycles. The number of likely N-dealkylation sites (tertiary alicyclic amines) is 1. The zero-order chi connectivity index (χ0) is 17.9. The molecule has 6 heteroatoms. The van der Waals surface area contributed by atoms with Gasteiger partial charge < -0.3 is 20.3 Å². The Morgan fingerprint density at radius 1 is 1.32 bits per heavy atom. The summed E-state index contributed by atoms with van der Waals surface area (Å²) in [7, 11) is 3.54. The molecule has 0 unspecified atom stereocenters. The summed E-state index contributed by atoms with van der Waals surface area (Å²) in [6.45, 7) is 5.80. The minimum Gasteiger partial charge on any atom is -0.383 e. The van der Waals surface area contributed by atoms with Gasteiger partial charge in [0, 0.05) is 33.8 Å². The molecular formula is C19H31FN4O. The monoisotopic (exact) mass is 350 g/mol. The third-order valence-electron chi connectivity index (χ3n) is 4.70. The first-order valence-corrected chi connectivity index (χ1v) is 9.11. The van der Waals surface area contributed by atoms with Crippen molar-refractivity contribution in [2.24, 2.45) is 10.9 Å². The highest BCUT2D eigenvalue weighted by Crippen LogP contribution is 2.15. The Labute approximate surface area is 150 Å². The molecule has 0 radical (unpaired) electrons. The van der Waals surface area contributed by atoms with E-state index in [4.69, 9.17) is 4.74 Å². The van der Waals surface area contributed by atoms with Gasteiger partial charge in [-0.1, -0.05) is 12.1 Å². The van der Waals surface area contributed by atoms with Crippen molar-refractivity contribution in [3.63, 3.8) is 0 Å². The number of piperidine rings is 1. The Kier molecular flexibility index (Phi) is 8.69. The minimum absolute atomic E-state index is 0.183. The molecule has 2 N–H and O–H groups in total. The standard InChI is InChI=1S/C19H31FN4O/c1-21-19(22-9-6-16-4-3-5-18(20)14-16)23-15-17-7-10-24(11-8-17)12-13-25-2/h3-5,14,17H,6-13,15H2,1-2H3,(H2,21,22,23). The first-order chi connectivity index (χ1) is 12.2. The van der Waals surface area contributed by atoms with Crippen LogP contribution in [0.15, 0.2) is 29.3 Å². The van der Waals surface area contributed by atoms with Gasteiger partial charge in [0.05, 0.1) is 6.61 Å². The molecule has 0 amide bonds. The number of halogens is 1. The Morgan fingerprint density at radius 2 is 2.12 bits per heavy atom. The van der Waals surface area contributed by atoms with Crippen molar-refractivity contribution in [1.82, 2.24) is 15.5 Å². The minimum atomic E-state index is -0.183. The van der Waals surface area contributed by atoms with Crippen molar-refractivity contribution < 1.29 is 9.13 Å². The van der Waals surface area contributed by atoms with E-state index in [0.29, 0.717) is 5.92 Å². The summed E-state index contributed by atoms with van der Waals surface area (Å²) in [6, 6.07) is 6.74. The lowest BCUT2D eigenvalue weighted by Gasteiger charge is -2.32. The predicted molar refractivity (Wildman–Crippen MR) is 101 cm³/mol. The van der Waals surface area contributed by atoms with Crippen LogP contribution in [0.5, 0.6) is 0 Å². The highest BCUT2D eigenvalue weighted by Gasteiger charge is 2.18. The van der Waals surface area contributed by atoms with E-state index < -0.39 is 0 Å². The van der Waals surface area contributed by atoms with Crippen molar-refractivity contribution in [2.45, 2.75) is 19.3 Å². The number of hydrogen-bond acceptors (Lipinski definition) is 3. The Hall–Kier alpha value is -1.66. The first kappa shape index (κ1) is 19.7. The highest BCUT2D eigenvalue weighted by molar-refractivity contribution is 5.79. The van der Waals surface area contributed by atoms with Crippen LogP contribution in [0, 0.1) is 11.7 Å². The Bertz CT molecular complexity index is 530. The van der Waals surface area contributed by atoms with Crippen LogP contribution in [0.1, 0.15) is 18.4 Å². The fraction of sp³-hybridized carbons (Fsp3) is 0.632. The molecule has 1 aromatic rings. The summed E-state index contributed by atoms with van der Waals surface area (Å²) in [5.41, 5.74) is 0.992. The van der Waals surface area contributed by atoms with E-state index in [9.17, 15) is 4.39 Å². The lowest BCUT2D eigenvalue weighted by Crippen LogP contribution is -2.43. The van der Waals surface area contributed by atoms with E-state index in [1.54, 1.807) is 26.3 Å². The van der Waals surface area contributed by atoms with Gasteiger partial charge in [-0.05, 0) is 56.0 Å². The lowest BCUT2D eigenvalue weighted by molar-refractivity contribution is 0.121. The maximum absolute atomic E-state index is 13.2. The predicted octanol–water partition coefficient (Wildman–Crippen LogP) is 1.89. The number of rotatable bonds is 8. The van der Waals surface area contributed by atoms with Crippen LogP contribution in [-0.4, -0.2) is 64.3 Å². The van der Waals surface area contributed by atoms with Gasteiger partial charge in [-0.25, -0.2) is 4.39 Å². The normalized spacial score (nSPS) is 16.8. The van der Waals surface area contributed by atoms with E-state index in [2.05, 4.69) is 20.5 Å². The topological polar surface area (TPSA) is 48.9 Å². The van der Waals surface area contributed by atoms with Gasteiger partial charge in [0.15, 0.2) is 5.96 Å². The molecule has 2 rings (SSSR count). The molecule has 1 fully saturated rings. The van der Waals surface area contributed by atoms with Crippen LogP contribution in [0.25, 0.3) is 0 Å². The van der Waals surface area contributed by atoms with Crippen molar-refractivity contribution in [1.29, 1.82) is 0 Å². The number of nitrogens with zero attached hydrogens (tertiary/aromatic N) is 2. The Morgan fingerprint density at radius 3 is 2.80 bits per heavy atom. The molecule has 1 aliphatic rings. The molecule has 5 nitrogen and oxygen atoms in total. The van der Waals surface area contributed by atoms with E-state index in [-0.39, 0.29) is 5.82 Å². The number of benzene rings is 1. The van der Waals surface area contributed by atoms with Crippen molar-refractivity contribution >= 4 is 5.96 Å². The summed E-state index contributed by atoms with van der Waals surface area (Å²) in [4.78, 5) is 6.73. The van der Waals surface area contributed by atoms with Gasteiger partial charge in [-0.2, -0.15) is 0 Å². The lowest BCUT2D eigenvalue weighted by atomic mass is 9.97. The number of hydrogen-bond donors (Lipinski definition) is 2. The second-order valence-corrected chi connectivity index (χ2v) is 6.54. The molecule has 0 saturated carbocycles. The fourth-order valence-electron chi connectivity index (χ4n) is 3.11. The summed E-state index contributed by atoms with van der Waals surface area (Å²) in [5, 5.41) is 6.72. The summed E-state index contributed by atoms with van der Waals surface area (Å²) < 4.78 is 18.3. The quantitative estimate of drug-likeness (QED) is 0.555. The first-order valence-electron chi connectivity index (χ1n) is 9.11. The SMILES string of the molecule is CN=C(NCCc1cccc(F)c1)NCC1CCN(CCOC)CC1. The number of aliphatic imine (C=N–C) groups is 1. The zero-order valence-electron chi connectivity index (χ0n) is 15.4. The van der Waals surface area contributed by atoms with Gasteiger partial charge in [0.1, 0.15) is 5.82 Å². The van der Waals surface area contributed by atoms with Crippen LogP contribution < -0.4 is 10.6 Å². The summed E-state index contributed by atoms with van der Waals surface area (Å²) in [5.74, 6) is 1.32. The average molecular weight is 350 g/mol. The van der Waals surface area contributed by atoms with Crippen LogP contribution in [0.4, 0.5) is 4.39 Å². The molecular weight excluding hydrogens is 319 g/mol. The maximum Gasteiger partial charge on any atom is 0.190 e. The Balaban J connectivity index is 1.62. The number of methoxy groups -OCH3 is 1. The highest BCUT2D eigenvalue weighted by atomic mass is 19.1. The van der Waals surface area contributed by atoms with Crippen LogP contribution in [-0.2, 0) is 11.2 Å². The largest absolute Gasteiger partial charge is 0.383 e. The smallest absolute Gasteiger partial charge is 0.190 e. The molecule has 0 spiro atoms. The number of ether oxygens (including phenoxy) is 1. The average Bonchev–Trinajstić information content (AvgIpc) is 2.63. The zero-order valence-corrected chi connectivity index (χ0v) is 15.4. The van der Waals surface area contributed by atoms with Crippen LogP contribution >= 0.6 is 0 Å². The molecule has 25 heavy (non-hydrogen) atoms. The van der Waals surface area contributed by atoms with E-state index in [0.717, 1.165) is 57.3 Å². The molecule has 140 valence electrons. The number of nitrogens with one attached hydrogen (secondary N) is 2. The van der Waals surface area contributed by atoms with Gasteiger partial charge in [-0.15, -0.1) is 0 Å². The molecule has 1 saturated heterocycles. The molecule has 1 aromatic carbocycles. The number of guanidine groups is 1. The third kappa shape index (κ3) is 7.40. The van der Waals surface area contributed by atoms with Crippen LogP contribution in [0.3, 0.4) is 0 Å². The van der Waals surface area contributed by atoms with E-state index in [1.807, 2.05) is 6.07 Å². The van der Waals surface area contributed by atoms with Crippen molar-refractivity contribution in [2.75, 3.05) is 53.5 Å². The fourth-order valence-corrected chi connectivity index (χ4v) is 3.11. The molecule has 0 aromatic heterocycles. The molecule has 0 atom stereocenters. The van der Waals surface area contributed by atoms with Crippen molar-refractivity contribution in [3.8, 4) is 0 Å². The van der Waals surface area contributed by atoms with Gasteiger partial charge >= 0.3 is 0 Å². The summed E-state index contributed by atoms with van der Waals surface area (Å²) >= 11 is 0. The second-order valence-electron chi connectivity index (χ2n) is 6.54. The van der Waals surface area contributed by atoms with E-state index >= 15 is 0 Å². The summed E-state index contributed by atoms with van der Waals surface area (Å²) in [6.07, 6.45) is 3.18. The molecule has 0 aliphatic carbocycles. The molecule has 1 aliphatic heterocycles. The second kappa shape index (κ2) is 11.1. The van der Waals surface area contributed by atoms with Gasteiger partial charge in [-0.3, -0.25) is 4.99 Å². The van der Waals surface area contributed by atoms with E-state index in [1.165, 1.54) is 18.9 Å². The third-order valence-corrected chi connectivity index (χ3v) is 4.70. The van der Waals surface area contributed by atoms with Gasteiger partial charge in [0.25, 0.3) is 0 Å². The van der Waals surface area contributed by atoms with Crippen molar-refractivity contribution in [3.05, 3.63) is 35.6 Å².